The fraction of sp³-hybridized carbons (Fsp3) is 0.278. The summed E-state index contributed by atoms with van der Waals surface area (Å²) < 4.78 is 21.9. The number of carbonyl (C=O) groups excluding carboxylic acids is 1. The van der Waals surface area contributed by atoms with Gasteiger partial charge in [-0.1, -0.05) is 6.07 Å². The molecule has 0 radical (unpaired) electrons. The second-order valence-corrected chi connectivity index (χ2v) is 5.34. The molecule has 1 heterocycles. The van der Waals surface area contributed by atoms with Gasteiger partial charge in [-0.05, 0) is 24.3 Å². The van der Waals surface area contributed by atoms with Gasteiger partial charge in [0.1, 0.15) is 23.2 Å². The first-order chi connectivity index (χ1) is 11.6. The van der Waals surface area contributed by atoms with Crippen LogP contribution in [0.5, 0.6) is 28.7 Å². The van der Waals surface area contributed by atoms with Crippen molar-refractivity contribution in [3.05, 3.63) is 41.5 Å². The van der Waals surface area contributed by atoms with Crippen LogP contribution >= 0.6 is 0 Å². The van der Waals surface area contributed by atoms with Crippen LogP contribution in [0.4, 0.5) is 0 Å². The molecule has 1 unspecified atom stereocenters. The molecular weight excluding hydrogens is 312 g/mol. The number of carbonyl (C=O) groups is 1. The predicted octanol–water partition coefficient (Wildman–Crippen LogP) is 3.12. The van der Waals surface area contributed by atoms with E-state index in [4.69, 9.17) is 18.9 Å². The summed E-state index contributed by atoms with van der Waals surface area (Å²) in [6, 6.07) is 8.29. The van der Waals surface area contributed by atoms with Gasteiger partial charge in [0.05, 0.1) is 27.8 Å². The van der Waals surface area contributed by atoms with Crippen molar-refractivity contribution in [2.75, 3.05) is 21.3 Å². The van der Waals surface area contributed by atoms with Gasteiger partial charge in [0.2, 0.25) is 5.75 Å². The first-order valence-electron chi connectivity index (χ1n) is 7.40. The van der Waals surface area contributed by atoms with E-state index in [9.17, 15) is 9.90 Å². The molecule has 2 aromatic carbocycles. The zero-order valence-corrected chi connectivity index (χ0v) is 13.7. The smallest absolute Gasteiger partial charge is 0.203 e. The molecule has 0 fully saturated rings. The van der Waals surface area contributed by atoms with Crippen molar-refractivity contribution in [1.29, 1.82) is 0 Å². The van der Waals surface area contributed by atoms with E-state index in [1.807, 2.05) is 0 Å². The highest BCUT2D eigenvalue weighted by Crippen LogP contribution is 2.44. The van der Waals surface area contributed by atoms with E-state index in [1.165, 1.54) is 27.4 Å². The van der Waals surface area contributed by atoms with Crippen molar-refractivity contribution in [3.8, 4) is 28.7 Å². The molecule has 1 N–H and O–H groups in total. The fourth-order valence-electron chi connectivity index (χ4n) is 2.84. The van der Waals surface area contributed by atoms with Crippen LogP contribution in [0.15, 0.2) is 30.3 Å². The molecule has 0 saturated carbocycles. The minimum atomic E-state index is -0.500. The molecule has 24 heavy (non-hydrogen) atoms. The Bertz CT molecular complexity index is 758. The number of phenols is 1. The molecule has 1 aliphatic heterocycles. The van der Waals surface area contributed by atoms with Crippen LogP contribution in [-0.2, 0) is 0 Å². The third-order valence-electron chi connectivity index (χ3n) is 3.98. The van der Waals surface area contributed by atoms with E-state index in [0.717, 1.165) is 5.56 Å². The van der Waals surface area contributed by atoms with Gasteiger partial charge in [-0.15, -0.1) is 0 Å². The molecule has 3 rings (SSSR count). The van der Waals surface area contributed by atoms with Crippen molar-refractivity contribution in [2.45, 2.75) is 12.5 Å². The lowest BCUT2D eigenvalue weighted by Crippen LogP contribution is -2.20. The summed E-state index contributed by atoms with van der Waals surface area (Å²) in [6.45, 7) is 0. The van der Waals surface area contributed by atoms with E-state index in [1.54, 1.807) is 24.3 Å². The molecule has 6 nitrogen and oxygen atoms in total. The highest BCUT2D eigenvalue weighted by molar-refractivity contribution is 6.02. The maximum atomic E-state index is 12.4. The van der Waals surface area contributed by atoms with Crippen molar-refractivity contribution < 1.29 is 28.8 Å². The van der Waals surface area contributed by atoms with Gasteiger partial charge in [-0.2, -0.15) is 0 Å². The van der Waals surface area contributed by atoms with Crippen LogP contribution in [0.3, 0.4) is 0 Å². The summed E-state index contributed by atoms with van der Waals surface area (Å²) in [7, 11) is 4.59. The monoisotopic (exact) mass is 330 g/mol. The zero-order chi connectivity index (χ0) is 17.3. The van der Waals surface area contributed by atoms with Crippen LogP contribution in [0.25, 0.3) is 0 Å². The number of Topliss-reactive ketones (excluding diaryl/α,β-unsaturated/α-hetero) is 1. The largest absolute Gasteiger partial charge is 0.507 e. The maximum Gasteiger partial charge on any atom is 0.203 e. The number of hydrogen-bond acceptors (Lipinski definition) is 6. The molecule has 0 spiro atoms. The lowest BCUT2D eigenvalue weighted by molar-refractivity contribution is 0.0844. The average molecular weight is 330 g/mol. The zero-order valence-electron chi connectivity index (χ0n) is 13.7. The minimum Gasteiger partial charge on any atom is -0.507 e. The van der Waals surface area contributed by atoms with Crippen LogP contribution < -0.4 is 18.9 Å². The number of rotatable bonds is 4. The summed E-state index contributed by atoms with van der Waals surface area (Å²) in [6.07, 6.45) is -0.385. The normalized spacial score (nSPS) is 16.1. The molecular formula is C18H18O6. The van der Waals surface area contributed by atoms with Crippen LogP contribution in [0, 0.1) is 0 Å². The molecule has 0 amide bonds. The molecule has 2 aromatic rings. The number of ether oxygens (including phenoxy) is 4. The summed E-state index contributed by atoms with van der Waals surface area (Å²) in [5, 5.41) is 9.86. The fourth-order valence-corrected chi connectivity index (χ4v) is 2.84. The van der Waals surface area contributed by atoms with Gasteiger partial charge >= 0.3 is 0 Å². The van der Waals surface area contributed by atoms with Gasteiger partial charge < -0.3 is 24.1 Å². The van der Waals surface area contributed by atoms with Crippen molar-refractivity contribution in [1.82, 2.24) is 0 Å². The van der Waals surface area contributed by atoms with Crippen LogP contribution in [0.2, 0.25) is 0 Å². The Balaban J connectivity index is 2.03. The van der Waals surface area contributed by atoms with E-state index < -0.39 is 6.10 Å². The molecule has 1 atom stereocenters. The Morgan fingerprint density at radius 2 is 1.75 bits per heavy atom. The van der Waals surface area contributed by atoms with Crippen molar-refractivity contribution >= 4 is 5.78 Å². The highest BCUT2D eigenvalue weighted by Gasteiger charge is 2.31. The van der Waals surface area contributed by atoms with E-state index in [-0.39, 0.29) is 23.5 Å². The van der Waals surface area contributed by atoms with Gasteiger partial charge in [-0.3, -0.25) is 4.79 Å². The molecule has 126 valence electrons. The topological polar surface area (TPSA) is 74.2 Å². The van der Waals surface area contributed by atoms with E-state index in [0.29, 0.717) is 23.0 Å². The second-order valence-electron chi connectivity index (χ2n) is 5.34. The Labute approximate surface area is 139 Å². The van der Waals surface area contributed by atoms with Crippen LogP contribution in [-0.4, -0.2) is 32.2 Å². The first-order valence-corrected chi connectivity index (χ1v) is 7.40. The Kier molecular flexibility index (Phi) is 4.20. The van der Waals surface area contributed by atoms with E-state index in [2.05, 4.69) is 0 Å². The molecule has 0 aliphatic carbocycles. The molecule has 0 aromatic heterocycles. The van der Waals surface area contributed by atoms with Gasteiger partial charge in [0.25, 0.3) is 0 Å². The number of aromatic hydroxyl groups is 1. The number of methoxy groups -OCH3 is 3. The van der Waals surface area contributed by atoms with Gasteiger partial charge in [0, 0.05) is 5.56 Å². The lowest BCUT2D eigenvalue weighted by atomic mass is 9.95. The Morgan fingerprint density at radius 3 is 2.33 bits per heavy atom. The van der Waals surface area contributed by atoms with Crippen LogP contribution in [0.1, 0.15) is 28.4 Å². The average Bonchev–Trinajstić information content (AvgIpc) is 2.60. The molecule has 6 heteroatoms. The van der Waals surface area contributed by atoms with Gasteiger partial charge in [0.15, 0.2) is 17.3 Å². The molecule has 0 bridgehead atoms. The quantitative estimate of drug-likeness (QED) is 0.928. The number of phenolic OH excluding ortho intramolecular Hbond substituents is 1. The summed E-state index contributed by atoms with van der Waals surface area (Å²) >= 11 is 0. The third kappa shape index (κ3) is 2.60. The molecule has 0 saturated heterocycles. The van der Waals surface area contributed by atoms with E-state index >= 15 is 0 Å². The SMILES string of the molecule is COc1cc(C2CC(=O)c3c(O)cccc3O2)cc(OC)c1OC. The molecule has 1 aliphatic rings. The van der Waals surface area contributed by atoms with Crippen molar-refractivity contribution in [2.24, 2.45) is 0 Å². The minimum absolute atomic E-state index is 0.0687. The maximum absolute atomic E-state index is 12.4. The number of benzene rings is 2. The highest BCUT2D eigenvalue weighted by atomic mass is 16.5. The summed E-state index contributed by atoms with van der Waals surface area (Å²) in [4.78, 5) is 12.4. The summed E-state index contributed by atoms with van der Waals surface area (Å²) in [5.41, 5.74) is 0.952. The predicted molar refractivity (Wildman–Crippen MR) is 86.5 cm³/mol. The summed E-state index contributed by atoms with van der Waals surface area (Å²) in [5.74, 6) is 1.58. The standard InChI is InChI=1S/C18H18O6/c1-21-15-7-10(8-16(22-2)18(15)23-3)14-9-12(20)17-11(19)5-4-6-13(17)24-14/h4-8,14,19H,9H2,1-3H3. The number of hydrogen-bond donors (Lipinski definition) is 1. The van der Waals surface area contributed by atoms with Crippen molar-refractivity contribution in [3.63, 3.8) is 0 Å². The number of ketones is 1. The first kappa shape index (κ1) is 16.0. The lowest BCUT2D eigenvalue weighted by Gasteiger charge is -2.26. The third-order valence-corrected chi connectivity index (χ3v) is 3.98. The second kappa shape index (κ2) is 6.31. The Morgan fingerprint density at radius 1 is 1.08 bits per heavy atom. The van der Waals surface area contributed by atoms with Gasteiger partial charge in [-0.25, -0.2) is 0 Å². The number of fused-ring (bicyclic) bond motifs is 1. The Hall–Kier alpha value is -2.89.